The second-order valence-corrected chi connectivity index (χ2v) is 5.64. The van der Waals surface area contributed by atoms with E-state index in [1.807, 2.05) is 0 Å². The Kier molecular flexibility index (Phi) is 4.54. The standard InChI is InChI=1S/C14H22N4O2/c1-10-5-7-14(20,8-6-10)9-16-12-4-3-11(17-18-12)13(19)15-2/h3-4,10,20H,5-9H2,1-2H3,(H,15,19)(H,16,18). The van der Waals surface area contributed by atoms with Crippen LogP contribution < -0.4 is 10.6 Å². The van der Waals surface area contributed by atoms with Gasteiger partial charge < -0.3 is 15.7 Å². The molecule has 20 heavy (non-hydrogen) atoms. The van der Waals surface area contributed by atoms with Crippen LogP contribution in [0.2, 0.25) is 0 Å². The van der Waals surface area contributed by atoms with E-state index in [0.717, 1.165) is 25.7 Å². The molecular formula is C14H22N4O2. The lowest BCUT2D eigenvalue weighted by Gasteiger charge is -2.35. The highest BCUT2D eigenvalue weighted by atomic mass is 16.3. The smallest absolute Gasteiger partial charge is 0.271 e. The van der Waals surface area contributed by atoms with Crippen LogP contribution in [0.5, 0.6) is 0 Å². The average molecular weight is 278 g/mol. The number of carbonyl (C=O) groups is 1. The quantitative estimate of drug-likeness (QED) is 0.770. The lowest BCUT2D eigenvalue weighted by atomic mass is 9.79. The average Bonchev–Trinajstić information content (AvgIpc) is 2.48. The van der Waals surface area contributed by atoms with Gasteiger partial charge in [-0.15, -0.1) is 10.2 Å². The van der Waals surface area contributed by atoms with Crippen molar-refractivity contribution in [3.63, 3.8) is 0 Å². The van der Waals surface area contributed by atoms with Crippen LogP contribution in [-0.2, 0) is 0 Å². The minimum absolute atomic E-state index is 0.260. The Balaban J connectivity index is 1.89. The maximum atomic E-state index is 11.3. The summed E-state index contributed by atoms with van der Waals surface area (Å²) in [6, 6.07) is 3.31. The molecule has 1 heterocycles. The van der Waals surface area contributed by atoms with Crippen LogP contribution in [0.3, 0.4) is 0 Å². The van der Waals surface area contributed by atoms with Gasteiger partial charge in [-0.1, -0.05) is 6.92 Å². The minimum Gasteiger partial charge on any atom is -0.388 e. The van der Waals surface area contributed by atoms with Crippen molar-refractivity contribution in [2.45, 2.75) is 38.2 Å². The van der Waals surface area contributed by atoms with Gasteiger partial charge in [-0.3, -0.25) is 4.79 Å². The monoisotopic (exact) mass is 278 g/mol. The predicted octanol–water partition coefficient (Wildman–Crippen LogP) is 1.19. The van der Waals surface area contributed by atoms with E-state index in [9.17, 15) is 9.90 Å². The van der Waals surface area contributed by atoms with E-state index in [4.69, 9.17) is 0 Å². The molecule has 0 saturated heterocycles. The molecule has 1 aromatic heterocycles. The van der Waals surface area contributed by atoms with Crippen LogP contribution in [0.15, 0.2) is 12.1 Å². The molecule has 0 radical (unpaired) electrons. The molecule has 1 saturated carbocycles. The Morgan fingerprint density at radius 2 is 2.10 bits per heavy atom. The zero-order valence-electron chi connectivity index (χ0n) is 12.0. The van der Waals surface area contributed by atoms with Gasteiger partial charge in [0, 0.05) is 13.6 Å². The van der Waals surface area contributed by atoms with E-state index >= 15 is 0 Å². The molecule has 0 atom stereocenters. The molecule has 1 aliphatic rings. The number of nitrogens with one attached hydrogen (secondary N) is 2. The third kappa shape index (κ3) is 3.66. The van der Waals surface area contributed by atoms with Crippen LogP contribution in [0.25, 0.3) is 0 Å². The molecule has 0 aliphatic heterocycles. The van der Waals surface area contributed by atoms with Gasteiger partial charge in [0.1, 0.15) is 5.82 Å². The number of aromatic nitrogens is 2. The van der Waals surface area contributed by atoms with Crippen molar-refractivity contribution in [3.05, 3.63) is 17.8 Å². The van der Waals surface area contributed by atoms with Crippen molar-refractivity contribution in [2.24, 2.45) is 5.92 Å². The Bertz CT molecular complexity index is 453. The highest BCUT2D eigenvalue weighted by Gasteiger charge is 2.31. The number of hydrogen-bond acceptors (Lipinski definition) is 5. The third-order valence-corrected chi connectivity index (χ3v) is 3.93. The maximum absolute atomic E-state index is 11.3. The number of hydrogen-bond donors (Lipinski definition) is 3. The van der Waals surface area contributed by atoms with Crippen LogP contribution >= 0.6 is 0 Å². The molecule has 6 nitrogen and oxygen atoms in total. The van der Waals surface area contributed by atoms with Crippen molar-refractivity contribution in [1.29, 1.82) is 0 Å². The third-order valence-electron chi connectivity index (χ3n) is 3.93. The molecule has 110 valence electrons. The van der Waals surface area contributed by atoms with Crippen molar-refractivity contribution in [1.82, 2.24) is 15.5 Å². The van der Waals surface area contributed by atoms with Crippen molar-refractivity contribution >= 4 is 11.7 Å². The molecule has 0 aromatic carbocycles. The molecule has 1 aliphatic carbocycles. The van der Waals surface area contributed by atoms with Crippen molar-refractivity contribution in [3.8, 4) is 0 Å². The highest BCUT2D eigenvalue weighted by molar-refractivity contribution is 5.91. The fourth-order valence-corrected chi connectivity index (χ4v) is 2.41. The van der Waals surface area contributed by atoms with Gasteiger partial charge >= 0.3 is 0 Å². The number of rotatable bonds is 4. The first kappa shape index (κ1) is 14.7. The summed E-state index contributed by atoms with van der Waals surface area (Å²) in [4.78, 5) is 11.3. The number of carbonyl (C=O) groups excluding carboxylic acids is 1. The Hall–Kier alpha value is -1.69. The highest BCUT2D eigenvalue weighted by Crippen LogP contribution is 2.31. The number of aliphatic hydroxyl groups is 1. The van der Waals surface area contributed by atoms with Gasteiger partial charge in [-0.25, -0.2) is 0 Å². The molecule has 2 rings (SSSR count). The molecule has 1 aromatic rings. The van der Waals surface area contributed by atoms with Gasteiger partial charge in [0.15, 0.2) is 5.69 Å². The predicted molar refractivity (Wildman–Crippen MR) is 76.5 cm³/mol. The molecule has 0 unspecified atom stereocenters. The summed E-state index contributed by atoms with van der Waals surface area (Å²) in [5.41, 5.74) is -0.378. The Morgan fingerprint density at radius 3 is 2.65 bits per heavy atom. The molecule has 3 N–H and O–H groups in total. The summed E-state index contributed by atoms with van der Waals surface area (Å²) in [5, 5.41) is 23.8. The van der Waals surface area contributed by atoms with E-state index in [1.54, 1.807) is 19.2 Å². The molecule has 1 amide bonds. The lowest BCUT2D eigenvalue weighted by Crippen LogP contribution is -2.40. The first-order valence-corrected chi connectivity index (χ1v) is 7.04. The first-order valence-electron chi connectivity index (χ1n) is 7.04. The van der Waals surface area contributed by atoms with Crippen molar-refractivity contribution < 1.29 is 9.90 Å². The zero-order chi connectivity index (χ0) is 14.6. The van der Waals surface area contributed by atoms with Gasteiger partial charge in [-0.05, 0) is 43.7 Å². The summed E-state index contributed by atoms with van der Waals surface area (Å²) >= 11 is 0. The largest absolute Gasteiger partial charge is 0.388 e. The minimum atomic E-state index is -0.659. The zero-order valence-corrected chi connectivity index (χ0v) is 12.0. The normalized spacial score (nSPS) is 26.1. The topological polar surface area (TPSA) is 87.1 Å². The van der Waals surface area contributed by atoms with E-state index in [2.05, 4.69) is 27.8 Å². The summed E-state index contributed by atoms with van der Waals surface area (Å²) in [7, 11) is 1.55. The van der Waals surface area contributed by atoms with E-state index in [-0.39, 0.29) is 11.6 Å². The number of nitrogens with zero attached hydrogens (tertiary/aromatic N) is 2. The summed E-state index contributed by atoms with van der Waals surface area (Å²) < 4.78 is 0. The number of anilines is 1. The molecule has 1 fully saturated rings. The maximum Gasteiger partial charge on any atom is 0.271 e. The van der Waals surface area contributed by atoms with E-state index in [0.29, 0.717) is 18.3 Å². The SMILES string of the molecule is CNC(=O)c1ccc(NCC2(O)CCC(C)CC2)nn1. The number of amides is 1. The van der Waals surface area contributed by atoms with Gasteiger partial charge in [-0.2, -0.15) is 0 Å². The summed E-state index contributed by atoms with van der Waals surface area (Å²) in [5.74, 6) is 1.01. The fraction of sp³-hybridized carbons (Fsp3) is 0.643. The molecule has 6 heteroatoms. The lowest BCUT2D eigenvalue weighted by molar-refractivity contribution is 0.00493. The first-order chi connectivity index (χ1) is 9.52. The molecular weight excluding hydrogens is 256 g/mol. The van der Waals surface area contributed by atoms with Crippen LogP contribution in [0.4, 0.5) is 5.82 Å². The van der Waals surface area contributed by atoms with Gasteiger partial charge in [0.05, 0.1) is 5.60 Å². The second kappa shape index (κ2) is 6.17. The molecule has 0 bridgehead atoms. The van der Waals surface area contributed by atoms with Crippen molar-refractivity contribution in [2.75, 3.05) is 18.9 Å². The summed E-state index contributed by atoms with van der Waals surface area (Å²) in [6.45, 7) is 2.68. The van der Waals surface area contributed by atoms with Gasteiger partial charge in [0.25, 0.3) is 5.91 Å². The van der Waals surface area contributed by atoms with E-state index < -0.39 is 5.60 Å². The van der Waals surface area contributed by atoms with E-state index in [1.165, 1.54) is 0 Å². The molecule has 0 spiro atoms. The summed E-state index contributed by atoms with van der Waals surface area (Å²) in [6.07, 6.45) is 3.73. The van der Waals surface area contributed by atoms with Crippen LogP contribution in [0.1, 0.15) is 43.1 Å². The van der Waals surface area contributed by atoms with Crippen LogP contribution in [-0.4, -0.2) is 40.4 Å². The Morgan fingerprint density at radius 1 is 1.40 bits per heavy atom. The Labute approximate surface area is 119 Å². The van der Waals surface area contributed by atoms with Crippen LogP contribution in [0, 0.1) is 5.92 Å². The second-order valence-electron chi connectivity index (χ2n) is 5.64. The fourth-order valence-electron chi connectivity index (χ4n) is 2.41. The van der Waals surface area contributed by atoms with Gasteiger partial charge in [0.2, 0.25) is 0 Å².